The maximum Gasteiger partial charge on any atom is 0.332 e. The molecule has 9 heteroatoms. The van der Waals surface area contributed by atoms with Crippen molar-refractivity contribution in [3.05, 3.63) is 140 Å². The molecule has 4 aromatic rings. The molecule has 0 bridgehead atoms. The van der Waals surface area contributed by atoms with Crippen LogP contribution in [0.5, 0.6) is 0 Å². The van der Waals surface area contributed by atoms with Crippen molar-refractivity contribution in [2.24, 2.45) is 7.05 Å². The fraction of sp³-hybridized carbons (Fsp3) is 0.281. The number of ether oxygens (including phenoxy) is 3. The summed E-state index contributed by atoms with van der Waals surface area (Å²) in [4.78, 5) is 25.4. The molecular formula is C32H32N2O5S2. The van der Waals surface area contributed by atoms with Gasteiger partial charge in [-0.15, -0.1) is 0 Å². The Kier molecular flexibility index (Phi) is 8.89. The van der Waals surface area contributed by atoms with Crippen molar-refractivity contribution < 1.29 is 14.2 Å². The summed E-state index contributed by atoms with van der Waals surface area (Å²) >= 11 is 6.74. The molecule has 1 aromatic heterocycles. The molecule has 7 nitrogen and oxygen atoms in total. The van der Waals surface area contributed by atoms with Crippen molar-refractivity contribution >= 4 is 28.4 Å². The number of hydrogen-bond donors (Lipinski definition) is 0. The van der Waals surface area contributed by atoms with Crippen LogP contribution in [0.1, 0.15) is 34.9 Å². The molecule has 0 aliphatic carbocycles. The maximum atomic E-state index is 13.0. The first-order chi connectivity index (χ1) is 19.8. The molecule has 212 valence electrons. The summed E-state index contributed by atoms with van der Waals surface area (Å²) in [6, 6.07) is 30.3. The predicted molar refractivity (Wildman–Crippen MR) is 165 cm³/mol. The highest BCUT2D eigenvalue weighted by molar-refractivity contribution is 8.22. The minimum Gasteiger partial charge on any atom is -0.472 e. The van der Waals surface area contributed by atoms with Gasteiger partial charge in [0.15, 0.2) is 0 Å². The molecule has 2 heterocycles. The van der Waals surface area contributed by atoms with Crippen molar-refractivity contribution in [3.63, 3.8) is 0 Å². The molecule has 1 fully saturated rings. The Morgan fingerprint density at radius 3 is 1.95 bits per heavy atom. The highest BCUT2D eigenvalue weighted by atomic mass is 32.2. The summed E-state index contributed by atoms with van der Waals surface area (Å²) in [6.07, 6.45) is 2.09. The van der Waals surface area contributed by atoms with Gasteiger partial charge in [-0.2, -0.15) is 0 Å². The Morgan fingerprint density at radius 1 is 0.951 bits per heavy atom. The molecule has 0 radical (unpaired) electrons. The van der Waals surface area contributed by atoms with Gasteiger partial charge in [0.1, 0.15) is 24.0 Å². The molecule has 3 aromatic carbocycles. The molecule has 3 atom stereocenters. The molecule has 0 N–H and O–H groups in total. The third kappa shape index (κ3) is 5.81. The molecule has 1 aliphatic rings. The topological polar surface area (TPSA) is 71.7 Å². The fourth-order valence-electron chi connectivity index (χ4n) is 5.34. The van der Waals surface area contributed by atoms with Gasteiger partial charge in [0, 0.05) is 25.2 Å². The van der Waals surface area contributed by atoms with Gasteiger partial charge in [-0.05, 0) is 42.1 Å². The van der Waals surface area contributed by atoms with Crippen LogP contribution >= 0.6 is 24.0 Å². The first kappa shape index (κ1) is 29.0. The minimum atomic E-state index is -0.945. The smallest absolute Gasteiger partial charge is 0.332 e. The van der Waals surface area contributed by atoms with Gasteiger partial charge in [0.25, 0.3) is 5.56 Å². The lowest BCUT2D eigenvalue weighted by molar-refractivity contribution is -0.0924. The average molecular weight is 589 g/mol. The van der Waals surface area contributed by atoms with E-state index < -0.39 is 29.7 Å². The van der Waals surface area contributed by atoms with E-state index in [9.17, 15) is 9.59 Å². The average Bonchev–Trinajstić information content (AvgIpc) is 3.41. The number of thiocarbonyl (C=S) groups is 1. The van der Waals surface area contributed by atoms with Crippen molar-refractivity contribution in [2.75, 3.05) is 12.9 Å². The van der Waals surface area contributed by atoms with Gasteiger partial charge in [-0.1, -0.05) is 103 Å². The molecule has 0 unspecified atom stereocenters. The van der Waals surface area contributed by atoms with Gasteiger partial charge in [0.2, 0.25) is 4.38 Å². The van der Waals surface area contributed by atoms with Crippen molar-refractivity contribution in [2.45, 2.75) is 37.4 Å². The zero-order valence-corrected chi connectivity index (χ0v) is 24.8. The molecular weight excluding hydrogens is 556 g/mol. The fourth-order valence-corrected chi connectivity index (χ4v) is 5.69. The van der Waals surface area contributed by atoms with Crippen LogP contribution in [0.2, 0.25) is 0 Å². The summed E-state index contributed by atoms with van der Waals surface area (Å²) in [7, 11) is 1.47. The van der Waals surface area contributed by atoms with Crippen molar-refractivity contribution in [3.8, 4) is 0 Å². The van der Waals surface area contributed by atoms with E-state index in [1.165, 1.54) is 23.4 Å². The molecule has 1 saturated heterocycles. The van der Waals surface area contributed by atoms with E-state index in [2.05, 4.69) is 36.4 Å². The van der Waals surface area contributed by atoms with Gasteiger partial charge in [-0.25, -0.2) is 4.79 Å². The number of hydrogen-bond acceptors (Lipinski definition) is 7. The van der Waals surface area contributed by atoms with Crippen LogP contribution in [-0.4, -0.2) is 38.6 Å². The number of benzene rings is 3. The van der Waals surface area contributed by atoms with Crippen LogP contribution in [0.15, 0.2) is 107 Å². The predicted octanol–water partition coefficient (Wildman–Crippen LogP) is 5.18. The van der Waals surface area contributed by atoms with E-state index >= 15 is 0 Å². The SMILES string of the molecule is CSC(=S)O[C@H]1C[C@H](n2cc(C)c(=O)n(C)c2=O)O[C@@H]1COC(c1ccccc1)(c1ccccc1)c1ccccc1. The van der Waals surface area contributed by atoms with E-state index in [1.807, 2.05) is 60.9 Å². The van der Waals surface area contributed by atoms with Crippen LogP contribution in [-0.2, 0) is 26.9 Å². The van der Waals surface area contributed by atoms with E-state index in [4.69, 9.17) is 26.4 Å². The van der Waals surface area contributed by atoms with E-state index in [1.54, 1.807) is 13.1 Å². The maximum absolute atomic E-state index is 13.0. The van der Waals surface area contributed by atoms with E-state index in [-0.39, 0.29) is 12.2 Å². The van der Waals surface area contributed by atoms with Gasteiger partial charge >= 0.3 is 5.69 Å². The quantitative estimate of drug-likeness (QED) is 0.207. The van der Waals surface area contributed by atoms with Crippen LogP contribution in [0.3, 0.4) is 0 Å². The van der Waals surface area contributed by atoms with Crippen LogP contribution < -0.4 is 11.2 Å². The molecule has 0 amide bonds. The van der Waals surface area contributed by atoms with Crippen LogP contribution in [0.4, 0.5) is 0 Å². The molecule has 41 heavy (non-hydrogen) atoms. The number of aryl methyl sites for hydroxylation is 1. The zero-order chi connectivity index (χ0) is 29.0. The van der Waals surface area contributed by atoms with E-state index in [0.717, 1.165) is 21.3 Å². The lowest BCUT2D eigenvalue weighted by atomic mass is 9.80. The Hall–Kier alpha value is -3.50. The molecule has 5 rings (SSSR count). The normalized spacial score (nSPS) is 18.8. The lowest BCUT2D eigenvalue weighted by Crippen LogP contribution is -2.40. The van der Waals surface area contributed by atoms with Gasteiger partial charge in [0.05, 0.1) is 6.61 Å². The highest BCUT2D eigenvalue weighted by Gasteiger charge is 2.43. The number of nitrogens with zero attached hydrogens (tertiary/aromatic N) is 2. The van der Waals surface area contributed by atoms with E-state index in [0.29, 0.717) is 16.4 Å². The first-order valence-corrected chi connectivity index (χ1v) is 15.0. The molecule has 0 saturated carbocycles. The Labute approximate surface area is 248 Å². The second-order valence-corrected chi connectivity index (χ2v) is 11.3. The van der Waals surface area contributed by atoms with Gasteiger partial charge < -0.3 is 14.2 Å². The molecule has 0 spiro atoms. The number of aromatic nitrogens is 2. The van der Waals surface area contributed by atoms with Crippen LogP contribution in [0.25, 0.3) is 0 Å². The standard InChI is InChI=1S/C32H32N2O5S2/c1-22-20-34(30(36)33(2)29(22)35)28-19-26(39-31(40)41-3)27(38-28)21-37-32(23-13-7-4-8-14-23,24-15-9-5-10-16-24)25-17-11-6-12-18-25/h4-18,20,26-28H,19,21H2,1-3H3/t26-,27+,28+/m0/s1. The number of thioether (sulfide) groups is 1. The largest absolute Gasteiger partial charge is 0.472 e. The van der Waals surface area contributed by atoms with Crippen LogP contribution in [0, 0.1) is 6.92 Å². The first-order valence-electron chi connectivity index (χ1n) is 13.3. The van der Waals surface area contributed by atoms with Gasteiger partial charge in [-0.3, -0.25) is 13.9 Å². The summed E-state index contributed by atoms with van der Waals surface area (Å²) in [5.41, 5.74) is 1.62. The Balaban J connectivity index is 1.55. The van der Waals surface area contributed by atoms with Crippen molar-refractivity contribution in [1.29, 1.82) is 0 Å². The number of rotatable bonds is 8. The Morgan fingerprint density at radius 2 is 1.46 bits per heavy atom. The zero-order valence-electron chi connectivity index (χ0n) is 23.1. The third-order valence-electron chi connectivity index (χ3n) is 7.39. The summed E-state index contributed by atoms with van der Waals surface area (Å²) in [5, 5.41) is 0. The minimum absolute atomic E-state index is 0.149. The second-order valence-electron chi connectivity index (χ2n) is 9.93. The third-order valence-corrected chi connectivity index (χ3v) is 8.42. The molecule has 1 aliphatic heterocycles. The Bertz CT molecular complexity index is 1510. The second kappa shape index (κ2) is 12.6. The lowest BCUT2D eigenvalue weighted by Gasteiger charge is -2.37. The highest BCUT2D eigenvalue weighted by Crippen LogP contribution is 2.42. The summed E-state index contributed by atoms with van der Waals surface area (Å²) < 4.78 is 22.5. The monoisotopic (exact) mass is 588 g/mol. The summed E-state index contributed by atoms with van der Waals surface area (Å²) in [6.45, 7) is 1.83. The van der Waals surface area contributed by atoms with Crippen molar-refractivity contribution in [1.82, 2.24) is 9.13 Å². The summed E-state index contributed by atoms with van der Waals surface area (Å²) in [5.74, 6) is 0.